The van der Waals surface area contributed by atoms with Crippen LogP contribution in [-0.4, -0.2) is 26.0 Å². The lowest BCUT2D eigenvalue weighted by Crippen LogP contribution is -2.25. The summed E-state index contributed by atoms with van der Waals surface area (Å²) in [6, 6.07) is 15.5. The van der Waals surface area contributed by atoms with Gasteiger partial charge in [-0.15, -0.1) is 0 Å². The Morgan fingerprint density at radius 3 is 2.57 bits per heavy atom. The van der Waals surface area contributed by atoms with Crippen molar-refractivity contribution in [3.63, 3.8) is 0 Å². The van der Waals surface area contributed by atoms with Gasteiger partial charge >= 0.3 is 0 Å². The van der Waals surface area contributed by atoms with Gasteiger partial charge in [-0.2, -0.15) is 4.98 Å². The van der Waals surface area contributed by atoms with Crippen molar-refractivity contribution in [1.82, 2.24) is 15.0 Å². The molecule has 1 aliphatic rings. The Labute approximate surface area is 163 Å². The highest BCUT2D eigenvalue weighted by Gasteiger charge is 2.30. The zero-order chi connectivity index (χ0) is 19.5. The molecule has 7 nitrogen and oxygen atoms in total. The number of non-ortho nitro benzene ring substituents is 1. The van der Waals surface area contributed by atoms with Gasteiger partial charge in [0.1, 0.15) is 0 Å². The fourth-order valence-electron chi connectivity index (χ4n) is 3.24. The first-order valence-corrected chi connectivity index (χ1v) is 9.51. The van der Waals surface area contributed by atoms with E-state index in [1.54, 1.807) is 12.1 Å². The third-order valence-corrected chi connectivity index (χ3v) is 5.00. The van der Waals surface area contributed by atoms with E-state index in [9.17, 15) is 10.1 Å². The van der Waals surface area contributed by atoms with Crippen LogP contribution in [0.4, 0.5) is 5.69 Å². The predicted octanol–water partition coefficient (Wildman–Crippen LogP) is 4.37. The zero-order valence-corrected chi connectivity index (χ0v) is 15.7. The normalized spacial score (nSPS) is 13.8. The lowest BCUT2D eigenvalue weighted by molar-refractivity contribution is -0.384. The third kappa shape index (κ3) is 4.26. The molecule has 4 rings (SSSR count). The summed E-state index contributed by atoms with van der Waals surface area (Å²) in [6.07, 6.45) is 3.40. The predicted molar refractivity (Wildman–Crippen MR) is 104 cm³/mol. The van der Waals surface area contributed by atoms with Crippen molar-refractivity contribution >= 4 is 5.69 Å². The molecule has 1 saturated carbocycles. The molecule has 1 heterocycles. The van der Waals surface area contributed by atoms with Gasteiger partial charge in [-0.3, -0.25) is 15.0 Å². The quantitative estimate of drug-likeness (QED) is 0.427. The Morgan fingerprint density at radius 1 is 1.14 bits per heavy atom. The summed E-state index contributed by atoms with van der Waals surface area (Å²) in [7, 11) is 0. The summed E-state index contributed by atoms with van der Waals surface area (Å²) in [4.78, 5) is 17.3. The summed E-state index contributed by atoms with van der Waals surface area (Å²) in [5.41, 5.74) is 3.19. The summed E-state index contributed by atoms with van der Waals surface area (Å²) < 4.78 is 5.43. The Kier molecular flexibility index (Phi) is 5.16. The summed E-state index contributed by atoms with van der Waals surface area (Å²) in [5.74, 6) is 0.903. The molecule has 0 saturated heterocycles. The van der Waals surface area contributed by atoms with Crippen molar-refractivity contribution in [3.8, 4) is 11.4 Å². The first kappa shape index (κ1) is 18.3. The highest BCUT2D eigenvalue weighted by atomic mass is 16.6. The van der Waals surface area contributed by atoms with Crippen molar-refractivity contribution in [2.75, 3.05) is 0 Å². The standard InChI is InChI=1S/C21H22N4O3/c1-2-15-6-8-16(9-7-15)13-24(18-10-11-18)14-20-22-21(23-28-20)17-4-3-5-19(12-17)25(26)27/h3-9,12,18H,2,10-11,13-14H2,1H3. The van der Waals surface area contributed by atoms with Crippen LogP contribution < -0.4 is 0 Å². The number of rotatable bonds is 8. The lowest BCUT2D eigenvalue weighted by Gasteiger charge is -2.20. The van der Waals surface area contributed by atoms with Crippen molar-refractivity contribution < 1.29 is 9.45 Å². The van der Waals surface area contributed by atoms with E-state index in [4.69, 9.17) is 4.52 Å². The van der Waals surface area contributed by atoms with E-state index in [-0.39, 0.29) is 5.69 Å². The minimum Gasteiger partial charge on any atom is -0.338 e. The van der Waals surface area contributed by atoms with Gasteiger partial charge in [0.15, 0.2) is 0 Å². The van der Waals surface area contributed by atoms with Crippen LogP contribution in [0.25, 0.3) is 11.4 Å². The Balaban J connectivity index is 1.48. The molecule has 1 fully saturated rings. The third-order valence-electron chi connectivity index (χ3n) is 5.00. The number of hydrogen-bond acceptors (Lipinski definition) is 6. The van der Waals surface area contributed by atoms with Crippen molar-refractivity contribution in [2.45, 2.75) is 45.3 Å². The molecule has 0 radical (unpaired) electrons. The van der Waals surface area contributed by atoms with Crippen LogP contribution in [-0.2, 0) is 19.5 Å². The number of nitro benzene ring substituents is 1. The van der Waals surface area contributed by atoms with Gasteiger partial charge < -0.3 is 4.52 Å². The number of nitro groups is 1. The second-order valence-corrected chi connectivity index (χ2v) is 7.13. The number of nitrogens with zero attached hydrogens (tertiary/aromatic N) is 4. The first-order chi connectivity index (χ1) is 13.6. The number of aromatic nitrogens is 2. The monoisotopic (exact) mass is 378 g/mol. The van der Waals surface area contributed by atoms with E-state index < -0.39 is 4.92 Å². The fraction of sp³-hybridized carbons (Fsp3) is 0.333. The van der Waals surface area contributed by atoms with Crippen molar-refractivity contribution in [2.24, 2.45) is 0 Å². The molecule has 144 valence electrons. The summed E-state index contributed by atoms with van der Waals surface area (Å²) in [6.45, 7) is 3.56. The molecule has 7 heteroatoms. The van der Waals surface area contributed by atoms with Crippen LogP contribution in [0, 0.1) is 10.1 Å². The van der Waals surface area contributed by atoms with Gasteiger partial charge in [-0.05, 0) is 30.4 Å². The molecule has 28 heavy (non-hydrogen) atoms. The van der Waals surface area contributed by atoms with Crippen LogP contribution in [0.1, 0.15) is 36.8 Å². The van der Waals surface area contributed by atoms with E-state index in [1.165, 1.54) is 36.1 Å². The average molecular weight is 378 g/mol. The van der Waals surface area contributed by atoms with Gasteiger partial charge in [0.05, 0.1) is 11.5 Å². The second-order valence-electron chi connectivity index (χ2n) is 7.13. The number of benzene rings is 2. The highest BCUT2D eigenvalue weighted by Crippen LogP contribution is 2.30. The molecule has 1 aromatic heterocycles. The molecular weight excluding hydrogens is 356 g/mol. The molecule has 0 bridgehead atoms. The molecule has 1 aliphatic carbocycles. The molecule has 0 N–H and O–H groups in total. The smallest absolute Gasteiger partial charge is 0.270 e. The maximum absolute atomic E-state index is 11.0. The van der Waals surface area contributed by atoms with Gasteiger partial charge in [-0.25, -0.2) is 0 Å². The molecule has 0 spiro atoms. The van der Waals surface area contributed by atoms with Gasteiger partial charge in [0.2, 0.25) is 11.7 Å². The van der Waals surface area contributed by atoms with Crippen LogP contribution in [0.5, 0.6) is 0 Å². The summed E-state index contributed by atoms with van der Waals surface area (Å²) in [5, 5.41) is 15.0. The number of aryl methyl sites for hydroxylation is 1. The van der Waals surface area contributed by atoms with Gasteiger partial charge in [-0.1, -0.05) is 48.5 Å². The number of hydrogen-bond donors (Lipinski definition) is 0. The van der Waals surface area contributed by atoms with Crippen LogP contribution in [0.2, 0.25) is 0 Å². The van der Waals surface area contributed by atoms with Crippen LogP contribution in [0.15, 0.2) is 53.1 Å². The van der Waals surface area contributed by atoms with E-state index in [0.717, 1.165) is 13.0 Å². The van der Waals surface area contributed by atoms with E-state index >= 15 is 0 Å². The Hall–Kier alpha value is -3.06. The molecule has 0 amide bonds. The minimum atomic E-state index is -0.427. The van der Waals surface area contributed by atoms with E-state index in [0.29, 0.717) is 29.9 Å². The first-order valence-electron chi connectivity index (χ1n) is 9.51. The highest BCUT2D eigenvalue weighted by molar-refractivity contribution is 5.58. The maximum Gasteiger partial charge on any atom is 0.270 e. The second kappa shape index (κ2) is 7.90. The lowest BCUT2D eigenvalue weighted by atomic mass is 10.1. The SMILES string of the molecule is CCc1ccc(CN(Cc2nc(-c3cccc([N+](=O)[O-])c3)no2)C2CC2)cc1. The van der Waals surface area contributed by atoms with Crippen LogP contribution >= 0.6 is 0 Å². The molecule has 3 aromatic rings. The van der Waals surface area contributed by atoms with Gasteiger partial charge in [0, 0.05) is 30.3 Å². The zero-order valence-electron chi connectivity index (χ0n) is 15.7. The van der Waals surface area contributed by atoms with Crippen molar-refractivity contribution in [3.05, 3.63) is 75.7 Å². The summed E-state index contributed by atoms with van der Waals surface area (Å²) >= 11 is 0. The molecule has 2 aromatic carbocycles. The van der Waals surface area contributed by atoms with E-state index in [1.807, 2.05) is 0 Å². The minimum absolute atomic E-state index is 0.0129. The molecule has 0 unspecified atom stereocenters. The molecular formula is C21H22N4O3. The van der Waals surface area contributed by atoms with E-state index in [2.05, 4.69) is 46.2 Å². The molecule has 0 aliphatic heterocycles. The molecule has 0 atom stereocenters. The Bertz CT molecular complexity index is 964. The average Bonchev–Trinajstić information content (AvgIpc) is 3.47. The topological polar surface area (TPSA) is 85.3 Å². The van der Waals surface area contributed by atoms with Gasteiger partial charge in [0.25, 0.3) is 5.69 Å². The maximum atomic E-state index is 11.0. The van der Waals surface area contributed by atoms with Crippen LogP contribution in [0.3, 0.4) is 0 Å². The van der Waals surface area contributed by atoms with Crippen molar-refractivity contribution in [1.29, 1.82) is 0 Å². The fourth-order valence-corrected chi connectivity index (χ4v) is 3.24. The Morgan fingerprint density at radius 2 is 1.89 bits per heavy atom. The largest absolute Gasteiger partial charge is 0.338 e.